The lowest BCUT2D eigenvalue weighted by Crippen LogP contribution is -2.40. The molecule has 36 heavy (non-hydrogen) atoms. The van der Waals surface area contributed by atoms with Crippen molar-refractivity contribution in [3.05, 3.63) is 89.5 Å². The molecule has 4 rings (SSSR count). The van der Waals surface area contributed by atoms with E-state index in [0.717, 1.165) is 11.8 Å². The Labute approximate surface area is 209 Å². The second-order valence-corrected chi connectivity index (χ2v) is 11.2. The van der Waals surface area contributed by atoms with E-state index in [1.54, 1.807) is 12.1 Å². The molecule has 0 bridgehead atoms. The first-order valence-electron chi connectivity index (χ1n) is 11.6. The summed E-state index contributed by atoms with van der Waals surface area (Å²) in [5, 5.41) is 0. The quantitative estimate of drug-likeness (QED) is 0.444. The number of rotatable bonds is 9. The minimum atomic E-state index is -3.43. The molecule has 3 aromatic rings. The maximum absolute atomic E-state index is 15.0. The summed E-state index contributed by atoms with van der Waals surface area (Å²) < 4.78 is 60.8. The lowest BCUT2D eigenvalue weighted by molar-refractivity contribution is -0.127. The summed E-state index contributed by atoms with van der Waals surface area (Å²) in [5.41, 5.74) is 6.92. The van der Waals surface area contributed by atoms with Gasteiger partial charge in [-0.15, -0.1) is 0 Å². The molecule has 0 spiro atoms. The van der Waals surface area contributed by atoms with E-state index in [9.17, 15) is 22.0 Å². The Morgan fingerprint density at radius 1 is 1.06 bits per heavy atom. The molecule has 0 unspecified atom stereocenters. The number of ether oxygens (including phenoxy) is 1. The molecule has 0 saturated heterocycles. The summed E-state index contributed by atoms with van der Waals surface area (Å²) in [6, 6.07) is 17.3. The third kappa shape index (κ3) is 6.09. The van der Waals surface area contributed by atoms with Crippen LogP contribution in [0.3, 0.4) is 0 Å². The monoisotopic (exact) mass is 514 g/mol. The number of carbonyl (C=O) groups is 1. The van der Waals surface area contributed by atoms with Crippen molar-refractivity contribution in [1.29, 1.82) is 0 Å². The summed E-state index contributed by atoms with van der Waals surface area (Å²) in [6.07, 6.45) is 2.43. The average molecular weight is 515 g/mol. The van der Waals surface area contributed by atoms with Crippen LogP contribution in [0, 0.1) is 17.0 Å². The van der Waals surface area contributed by atoms with Crippen molar-refractivity contribution in [2.45, 2.75) is 38.3 Å². The SMILES string of the molecule is CS(=O)(=O)N[C@H]1CC[C@](Cc2ccc(F)c(-c3ccc(F)cc3OCc3ccccc3)c2)(C(N)=O)C1. The highest BCUT2D eigenvalue weighted by atomic mass is 32.2. The van der Waals surface area contributed by atoms with Crippen molar-refractivity contribution in [2.24, 2.45) is 11.1 Å². The van der Waals surface area contributed by atoms with Crippen molar-refractivity contribution in [3.8, 4) is 16.9 Å². The predicted octanol–water partition coefficient (Wildman–Crippen LogP) is 4.33. The van der Waals surface area contributed by atoms with Crippen LogP contribution >= 0.6 is 0 Å². The van der Waals surface area contributed by atoms with Gasteiger partial charge in [-0.25, -0.2) is 21.9 Å². The van der Waals surface area contributed by atoms with Gasteiger partial charge >= 0.3 is 0 Å². The molecule has 1 fully saturated rings. The summed E-state index contributed by atoms with van der Waals surface area (Å²) in [5.74, 6) is -1.37. The van der Waals surface area contributed by atoms with Gasteiger partial charge in [0.1, 0.15) is 24.0 Å². The van der Waals surface area contributed by atoms with Gasteiger partial charge in [0.15, 0.2) is 0 Å². The normalized spacial score (nSPS) is 19.8. The zero-order valence-electron chi connectivity index (χ0n) is 19.8. The van der Waals surface area contributed by atoms with Crippen LogP contribution in [0.5, 0.6) is 5.75 Å². The summed E-state index contributed by atoms with van der Waals surface area (Å²) in [4.78, 5) is 12.5. The van der Waals surface area contributed by atoms with Gasteiger partial charge in [0.2, 0.25) is 15.9 Å². The summed E-state index contributed by atoms with van der Waals surface area (Å²) >= 11 is 0. The van der Waals surface area contributed by atoms with Gasteiger partial charge in [-0.05, 0) is 61.1 Å². The Morgan fingerprint density at radius 2 is 1.81 bits per heavy atom. The minimum Gasteiger partial charge on any atom is -0.488 e. The molecule has 0 aromatic heterocycles. The third-order valence-corrected chi connectivity index (χ3v) is 7.32. The molecule has 1 amide bonds. The molecule has 0 aliphatic heterocycles. The molecule has 2 atom stereocenters. The highest BCUT2D eigenvalue weighted by Gasteiger charge is 2.44. The highest BCUT2D eigenvalue weighted by Crippen LogP contribution is 2.42. The molecule has 6 nitrogen and oxygen atoms in total. The van der Waals surface area contributed by atoms with E-state index in [2.05, 4.69) is 4.72 Å². The van der Waals surface area contributed by atoms with Gasteiger partial charge in [0.05, 0.1) is 11.7 Å². The molecule has 1 saturated carbocycles. The van der Waals surface area contributed by atoms with Crippen molar-refractivity contribution < 1.29 is 26.7 Å². The molecule has 3 aromatic carbocycles. The fourth-order valence-corrected chi connectivity index (χ4v) is 5.66. The number of benzene rings is 3. The molecule has 1 aliphatic carbocycles. The molecule has 3 N–H and O–H groups in total. The fourth-order valence-electron chi connectivity index (χ4n) is 4.85. The minimum absolute atomic E-state index is 0.179. The van der Waals surface area contributed by atoms with Crippen molar-refractivity contribution in [1.82, 2.24) is 4.72 Å². The second-order valence-electron chi connectivity index (χ2n) is 9.38. The van der Waals surface area contributed by atoms with Gasteiger partial charge in [-0.3, -0.25) is 4.79 Å². The van der Waals surface area contributed by atoms with E-state index in [0.29, 0.717) is 24.0 Å². The maximum atomic E-state index is 15.0. The first-order chi connectivity index (χ1) is 17.0. The largest absolute Gasteiger partial charge is 0.488 e. The topological polar surface area (TPSA) is 98.5 Å². The van der Waals surface area contributed by atoms with Crippen LogP contribution in [0.4, 0.5) is 8.78 Å². The first kappa shape index (κ1) is 25.8. The smallest absolute Gasteiger partial charge is 0.224 e. The van der Waals surface area contributed by atoms with Crippen LogP contribution in [0.25, 0.3) is 11.1 Å². The Kier molecular flexibility index (Phi) is 7.42. The van der Waals surface area contributed by atoms with Crippen molar-refractivity contribution >= 4 is 15.9 Å². The molecular formula is C27H28F2N2O4S. The highest BCUT2D eigenvalue weighted by molar-refractivity contribution is 7.88. The van der Waals surface area contributed by atoms with Crippen LogP contribution in [0.2, 0.25) is 0 Å². The van der Waals surface area contributed by atoms with E-state index in [1.807, 2.05) is 30.3 Å². The maximum Gasteiger partial charge on any atom is 0.224 e. The van der Waals surface area contributed by atoms with Gasteiger partial charge in [-0.1, -0.05) is 36.4 Å². The Bertz CT molecular complexity index is 1370. The number of nitrogens with one attached hydrogen (secondary N) is 1. The number of amides is 1. The number of hydrogen-bond donors (Lipinski definition) is 2. The lowest BCUT2D eigenvalue weighted by atomic mass is 9.78. The number of carbonyl (C=O) groups excluding carboxylic acids is 1. The zero-order valence-corrected chi connectivity index (χ0v) is 20.7. The van der Waals surface area contributed by atoms with Crippen LogP contribution in [-0.2, 0) is 27.8 Å². The molecule has 9 heteroatoms. The van der Waals surface area contributed by atoms with E-state index in [1.165, 1.54) is 24.3 Å². The standard InChI is InChI=1S/C27H28F2N2O4S/c1-36(33,34)31-21-11-12-27(16-21,26(30)32)15-19-7-10-24(29)23(13-19)22-9-8-20(28)14-25(22)35-17-18-5-3-2-4-6-18/h2-10,13-14,21,31H,11-12,15-17H2,1H3,(H2,30,32)/t21-,27+/m0/s1. The predicted molar refractivity (Wildman–Crippen MR) is 134 cm³/mol. The summed E-state index contributed by atoms with van der Waals surface area (Å²) in [7, 11) is -3.43. The number of sulfonamides is 1. The number of hydrogen-bond acceptors (Lipinski definition) is 4. The Morgan fingerprint density at radius 3 is 2.50 bits per heavy atom. The average Bonchev–Trinajstić information content (AvgIpc) is 3.22. The Hall–Kier alpha value is -3.30. The fraction of sp³-hybridized carbons (Fsp3) is 0.296. The molecular weight excluding hydrogens is 486 g/mol. The van der Waals surface area contributed by atoms with E-state index < -0.39 is 39.0 Å². The van der Waals surface area contributed by atoms with Gasteiger partial charge in [-0.2, -0.15) is 0 Å². The lowest BCUT2D eigenvalue weighted by Gasteiger charge is -2.26. The van der Waals surface area contributed by atoms with Gasteiger partial charge in [0, 0.05) is 23.2 Å². The van der Waals surface area contributed by atoms with E-state index >= 15 is 0 Å². The summed E-state index contributed by atoms with van der Waals surface area (Å²) in [6.45, 7) is 0.179. The first-order valence-corrected chi connectivity index (χ1v) is 13.5. The second kappa shape index (κ2) is 10.4. The molecule has 0 radical (unpaired) electrons. The third-order valence-electron chi connectivity index (χ3n) is 6.56. The zero-order chi connectivity index (χ0) is 25.9. The van der Waals surface area contributed by atoms with Crippen LogP contribution in [0.1, 0.15) is 30.4 Å². The number of halogens is 2. The molecule has 1 aliphatic rings. The molecule has 0 heterocycles. The number of primary amides is 1. The van der Waals surface area contributed by atoms with Gasteiger partial charge < -0.3 is 10.5 Å². The van der Waals surface area contributed by atoms with Crippen molar-refractivity contribution in [3.63, 3.8) is 0 Å². The molecule has 190 valence electrons. The van der Waals surface area contributed by atoms with E-state index in [4.69, 9.17) is 10.5 Å². The van der Waals surface area contributed by atoms with Crippen LogP contribution < -0.4 is 15.2 Å². The van der Waals surface area contributed by atoms with Crippen molar-refractivity contribution in [2.75, 3.05) is 6.26 Å². The van der Waals surface area contributed by atoms with Gasteiger partial charge in [0.25, 0.3) is 0 Å². The Balaban J connectivity index is 1.62. The van der Waals surface area contributed by atoms with Crippen LogP contribution in [0.15, 0.2) is 66.7 Å². The van der Waals surface area contributed by atoms with Crippen LogP contribution in [-0.4, -0.2) is 26.6 Å². The number of nitrogens with two attached hydrogens (primary N) is 1. The van der Waals surface area contributed by atoms with E-state index in [-0.39, 0.29) is 30.8 Å².